The van der Waals surface area contributed by atoms with Crippen molar-refractivity contribution in [2.45, 2.75) is 31.1 Å². The lowest BCUT2D eigenvalue weighted by molar-refractivity contribution is -0.187. The summed E-state index contributed by atoms with van der Waals surface area (Å²) < 4.78 is 65.3. The predicted molar refractivity (Wildman–Crippen MR) is 78.9 cm³/mol. The second-order valence-corrected chi connectivity index (χ2v) is 6.04. The summed E-state index contributed by atoms with van der Waals surface area (Å²) in [6.07, 6.45) is -5.21. The molecule has 2 rings (SSSR count). The number of alkyl halides is 3. The molecule has 2 amide bonds. The summed E-state index contributed by atoms with van der Waals surface area (Å²) >= 11 is 5.47. The molecular weight excluding hydrogens is 371 g/mol. The Morgan fingerprint density at radius 1 is 1.28 bits per heavy atom. The largest absolute Gasteiger partial charge is 0.471 e. The second kappa shape index (κ2) is 7.15. The molecule has 0 saturated carbocycles. The molecule has 10 heteroatoms. The van der Waals surface area contributed by atoms with E-state index in [-0.39, 0.29) is 24.9 Å². The SMILES string of the molecule is CN(C(=O)C(F)(F)F)[C@@H]1CCN(C(=O)Cl)[C@H](c2cc(F)ccc2F)C1. The van der Waals surface area contributed by atoms with Crippen LogP contribution < -0.4 is 0 Å². The molecule has 1 aliphatic rings. The van der Waals surface area contributed by atoms with Gasteiger partial charge in [-0.3, -0.25) is 9.59 Å². The summed E-state index contributed by atoms with van der Waals surface area (Å²) in [6, 6.07) is 0.610. The highest BCUT2D eigenvalue weighted by atomic mass is 35.5. The number of piperidine rings is 1. The van der Waals surface area contributed by atoms with Crippen molar-refractivity contribution in [2.24, 2.45) is 0 Å². The molecule has 1 aromatic carbocycles. The standard InChI is InChI=1S/C15H14ClF5N2O2/c1-22(13(24)15(19,20)21)9-4-5-23(14(16)25)12(7-9)10-6-8(17)2-3-11(10)18/h2-3,6,9,12H,4-5,7H2,1H3/t9-,12+/m1/s1. The first-order valence-electron chi connectivity index (χ1n) is 7.27. The van der Waals surface area contributed by atoms with E-state index in [4.69, 9.17) is 11.6 Å². The van der Waals surface area contributed by atoms with E-state index >= 15 is 0 Å². The minimum Gasteiger partial charge on any atom is -0.335 e. The van der Waals surface area contributed by atoms with Crippen molar-refractivity contribution < 1.29 is 31.5 Å². The molecule has 0 unspecified atom stereocenters. The molecule has 0 aliphatic carbocycles. The van der Waals surface area contributed by atoms with Crippen LogP contribution >= 0.6 is 11.6 Å². The molecular formula is C15H14ClF5N2O2. The zero-order chi connectivity index (χ0) is 18.9. The van der Waals surface area contributed by atoms with Crippen LogP contribution in [0.2, 0.25) is 0 Å². The number of benzene rings is 1. The van der Waals surface area contributed by atoms with Gasteiger partial charge in [-0.1, -0.05) is 0 Å². The summed E-state index contributed by atoms with van der Waals surface area (Å²) in [4.78, 5) is 24.5. The molecule has 1 aliphatic heterocycles. The molecule has 1 fully saturated rings. The molecule has 0 N–H and O–H groups in total. The number of nitrogens with zero attached hydrogens (tertiary/aromatic N) is 2. The topological polar surface area (TPSA) is 40.6 Å². The summed E-state index contributed by atoms with van der Waals surface area (Å²) in [5.74, 6) is -3.62. The first-order valence-corrected chi connectivity index (χ1v) is 7.65. The van der Waals surface area contributed by atoms with Crippen molar-refractivity contribution in [1.82, 2.24) is 9.80 Å². The number of amides is 2. The van der Waals surface area contributed by atoms with Crippen LogP contribution in [-0.2, 0) is 4.79 Å². The smallest absolute Gasteiger partial charge is 0.335 e. The summed E-state index contributed by atoms with van der Waals surface area (Å²) in [5, 5.41) is -0.933. The average Bonchev–Trinajstić information content (AvgIpc) is 2.54. The summed E-state index contributed by atoms with van der Waals surface area (Å²) in [6.45, 7) is -0.0941. The van der Waals surface area contributed by atoms with Crippen LogP contribution in [0, 0.1) is 11.6 Å². The lowest BCUT2D eigenvalue weighted by Gasteiger charge is -2.41. The van der Waals surface area contributed by atoms with Gasteiger partial charge in [-0.05, 0) is 42.6 Å². The molecule has 1 aromatic rings. The van der Waals surface area contributed by atoms with E-state index in [1.54, 1.807) is 0 Å². The average molecular weight is 385 g/mol. The zero-order valence-corrected chi connectivity index (χ0v) is 13.7. The highest BCUT2D eigenvalue weighted by molar-refractivity contribution is 6.62. The Labute approximate surface area is 145 Å². The van der Waals surface area contributed by atoms with Crippen molar-refractivity contribution in [1.29, 1.82) is 0 Å². The maximum Gasteiger partial charge on any atom is 0.471 e. The summed E-state index contributed by atoms with van der Waals surface area (Å²) in [5.41, 5.74) is -0.202. The van der Waals surface area contributed by atoms with Gasteiger partial charge in [0.1, 0.15) is 11.6 Å². The molecule has 138 valence electrons. The Hall–Kier alpha value is -1.90. The van der Waals surface area contributed by atoms with Gasteiger partial charge in [0.15, 0.2) is 0 Å². The van der Waals surface area contributed by atoms with E-state index < -0.39 is 41.2 Å². The number of likely N-dealkylation sites (tertiary alicyclic amines) is 1. The van der Waals surface area contributed by atoms with Crippen molar-refractivity contribution >= 4 is 22.9 Å². The first kappa shape index (κ1) is 19.4. The van der Waals surface area contributed by atoms with E-state index in [1.165, 1.54) is 0 Å². The minimum atomic E-state index is -5.05. The fraction of sp³-hybridized carbons (Fsp3) is 0.467. The minimum absolute atomic E-state index is 0.0320. The number of rotatable bonds is 2. The zero-order valence-electron chi connectivity index (χ0n) is 13.0. The number of carbonyl (C=O) groups excluding carboxylic acids is 2. The third-order valence-electron chi connectivity index (χ3n) is 4.23. The fourth-order valence-electron chi connectivity index (χ4n) is 2.94. The van der Waals surface area contributed by atoms with E-state index in [1.807, 2.05) is 0 Å². The van der Waals surface area contributed by atoms with Crippen LogP contribution in [0.5, 0.6) is 0 Å². The normalized spacial score (nSPS) is 21.2. The first-order chi connectivity index (χ1) is 11.5. The lowest BCUT2D eigenvalue weighted by atomic mass is 9.91. The lowest BCUT2D eigenvalue weighted by Crippen LogP contribution is -2.50. The van der Waals surface area contributed by atoms with Crippen LogP contribution in [0.4, 0.5) is 26.7 Å². The predicted octanol–water partition coefficient (Wildman–Crippen LogP) is 3.85. The van der Waals surface area contributed by atoms with Crippen molar-refractivity contribution in [3.05, 3.63) is 35.4 Å². The third-order valence-corrected chi connectivity index (χ3v) is 4.45. The van der Waals surface area contributed by atoms with Gasteiger partial charge in [-0.15, -0.1) is 0 Å². The maximum atomic E-state index is 14.1. The molecule has 0 bridgehead atoms. The Bertz CT molecular complexity index is 682. The number of hydrogen-bond donors (Lipinski definition) is 0. The van der Waals surface area contributed by atoms with Crippen LogP contribution in [0.15, 0.2) is 18.2 Å². The van der Waals surface area contributed by atoms with Crippen molar-refractivity contribution in [3.8, 4) is 0 Å². The van der Waals surface area contributed by atoms with Gasteiger partial charge >= 0.3 is 17.4 Å². The van der Waals surface area contributed by atoms with Crippen LogP contribution in [0.25, 0.3) is 0 Å². The van der Waals surface area contributed by atoms with E-state index in [0.717, 1.165) is 30.1 Å². The van der Waals surface area contributed by atoms with Crippen LogP contribution in [0.1, 0.15) is 24.4 Å². The van der Waals surface area contributed by atoms with Gasteiger partial charge < -0.3 is 9.80 Å². The Balaban J connectivity index is 2.33. The molecule has 2 atom stereocenters. The van der Waals surface area contributed by atoms with E-state index in [2.05, 4.69) is 0 Å². The van der Waals surface area contributed by atoms with E-state index in [9.17, 15) is 31.5 Å². The maximum absolute atomic E-state index is 14.1. The summed E-state index contributed by atoms with van der Waals surface area (Å²) in [7, 11) is 0.984. The van der Waals surface area contributed by atoms with Gasteiger partial charge in [-0.2, -0.15) is 13.2 Å². The third kappa shape index (κ3) is 4.20. The van der Waals surface area contributed by atoms with Gasteiger partial charge in [0.25, 0.3) is 0 Å². The quantitative estimate of drug-likeness (QED) is 0.441. The molecule has 1 saturated heterocycles. The van der Waals surface area contributed by atoms with Gasteiger partial charge in [0.05, 0.1) is 6.04 Å². The number of halogens is 6. The van der Waals surface area contributed by atoms with E-state index in [0.29, 0.717) is 4.90 Å². The Kier molecular flexibility index (Phi) is 5.55. The Morgan fingerprint density at radius 2 is 1.92 bits per heavy atom. The Morgan fingerprint density at radius 3 is 2.48 bits per heavy atom. The monoisotopic (exact) mass is 384 g/mol. The van der Waals surface area contributed by atoms with Crippen molar-refractivity contribution in [3.63, 3.8) is 0 Å². The van der Waals surface area contributed by atoms with Gasteiger partial charge in [0.2, 0.25) is 0 Å². The number of carbonyl (C=O) groups is 2. The van der Waals surface area contributed by atoms with Crippen molar-refractivity contribution in [2.75, 3.05) is 13.6 Å². The molecule has 0 radical (unpaired) electrons. The van der Waals surface area contributed by atoms with Crippen LogP contribution in [0.3, 0.4) is 0 Å². The van der Waals surface area contributed by atoms with Crippen LogP contribution in [-0.4, -0.2) is 46.9 Å². The second-order valence-electron chi connectivity index (χ2n) is 5.72. The van der Waals surface area contributed by atoms with Gasteiger partial charge in [-0.25, -0.2) is 8.78 Å². The molecule has 25 heavy (non-hydrogen) atoms. The highest BCUT2D eigenvalue weighted by Crippen LogP contribution is 2.36. The van der Waals surface area contributed by atoms with Gasteiger partial charge in [0, 0.05) is 25.2 Å². The molecule has 0 spiro atoms. The highest BCUT2D eigenvalue weighted by Gasteiger charge is 2.45. The fourth-order valence-corrected chi connectivity index (χ4v) is 3.14. The molecule has 4 nitrogen and oxygen atoms in total. The molecule has 1 heterocycles. The number of hydrogen-bond acceptors (Lipinski definition) is 2. The molecule has 0 aromatic heterocycles.